The van der Waals surface area contributed by atoms with E-state index in [1.54, 1.807) is 0 Å². The summed E-state index contributed by atoms with van der Waals surface area (Å²) in [6, 6.07) is 0. The Balaban J connectivity index is 2.26. The molecule has 1 unspecified atom stereocenters. The van der Waals surface area contributed by atoms with Gasteiger partial charge in [-0.25, -0.2) is 0 Å². The lowest BCUT2D eigenvalue weighted by atomic mass is 9.92. The Hall–Kier alpha value is -0.240. The van der Waals surface area contributed by atoms with E-state index < -0.39 is 0 Å². The van der Waals surface area contributed by atoms with Crippen molar-refractivity contribution >= 4 is 17.5 Å². The van der Waals surface area contributed by atoms with Crippen LogP contribution in [0.3, 0.4) is 0 Å². The van der Waals surface area contributed by atoms with Gasteiger partial charge in [0.25, 0.3) is 0 Å². The van der Waals surface area contributed by atoms with E-state index in [-0.39, 0.29) is 0 Å². The van der Waals surface area contributed by atoms with Crippen LogP contribution < -0.4 is 0 Å². The van der Waals surface area contributed by atoms with Gasteiger partial charge in [-0.3, -0.25) is 4.79 Å². The highest BCUT2D eigenvalue weighted by atomic mass is 32.2. The zero-order chi connectivity index (χ0) is 6.97. The number of ketones is 1. The molecule has 0 aromatic carbocycles. The number of carbonyl (C=O) groups is 1. The van der Waals surface area contributed by atoms with Gasteiger partial charge in [0.2, 0.25) is 0 Å². The zero-order valence-electron chi connectivity index (χ0n) is 5.80. The van der Waals surface area contributed by atoms with E-state index in [0.717, 1.165) is 25.0 Å². The van der Waals surface area contributed by atoms with Crippen LogP contribution in [-0.2, 0) is 4.79 Å². The lowest BCUT2D eigenvalue weighted by Crippen LogP contribution is -2.15. The van der Waals surface area contributed by atoms with Gasteiger partial charge in [0.1, 0.15) is 5.78 Å². The van der Waals surface area contributed by atoms with Gasteiger partial charge >= 0.3 is 0 Å². The molecule has 0 bridgehead atoms. The van der Waals surface area contributed by atoms with Crippen LogP contribution >= 0.6 is 11.8 Å². The van der Waals surface area contributed by atoms with Crippen LogP contribution in [-0.4, -0.2) is 11.5 Å². The summed E-state index contributed by atoms with van der Waals surface area (Å²) in [5.74, 6) is 1.95. The lowest BCUT2D eigenvalue weighted by Gasteiger charge is -2.13. The summed E-state index contributed by atoms with van der Waals surface area (Å²) < 4.78 is 0. The van der Waals surface area contributed by atoms with Crippen molar-refractivity contribution in [2.75, 3.05) is 5.75 Å². The maximum absolute atomic E-state index is 11.2. The molecule has 0 aromatic heterocycles. The summed E-state index contributed by atoms with van der Waals surface area (Å²) in [6.07, 6.45) is 5.10. The van der Waals surface area contributed by atoms with E-state index in [2.05, 4.69) is 6.08 Å². The minimum Gasteiger partial charge on any atom is -0.299 e. The van der Waals surface area contributed by atoms with Gasteiger partial charge in [-0.15, -0.1) is 11.8 Å². The normalized spacial score (nSPS) is 31.8. The van der Waals surface area contributed by atoms with E-state index >= 15 is 0 Å². The van der Waals surface area contributed by atoms with Crippen LogP contribution in [0.4, 0.5) is 0 Å². The van der Waals surface area contributed by atoms with Crippen molar-refractivity contribution < 1.29 is 4.79 Å². The minimum absolute atomic E-state index is 0.318. The van der Waals surface area contributed by atoms with E-state index in [1.165, 1.54) is 4.91 Å². The molecule has 2 rings (SSSR count). The molecular weight excluding hydrogens is 144 g/mol. The lowest BCUT2D eigenvalue weighted by molar-refractivity contribution is -0.121. The standard InChI is InChI=1S/C8H10OS/c9-7-2-1-3-8-6(7)4-5-10-8/h3,6H,1-2,4-5H2. The first-order valence-corrected chi connectivity index (χ1v) is 4.72. The van der Waals surface area contributed by atoms with Crippen LogP contribution in [0, 0.1) is 5.92 Å². The van der Waals surface area contributed by atoms with Gasteiger partial charge in [-0.2, -0.15) is 0 Å². The largest absolute Gasteiger partial charge is 0.299 e. The monoisotopic (exact) mass is 154 g/mol. The van der Waals surface area contributed by atoms with Crippen molar-refractivity contribution in [1.29, 1.82) is 0 Å². The third-order valence-corrected chi connectivity index (χ3v) is 3.37. The van der Waals surface area contributed by atoms with E-state index in [9.17, 15) is 4.79 Å². The average Bonchev–Trinajstić information content (AvgIpc) is 2.36. The van der Waals surface area contributed by atoms with Crippen molar-refractivity contribution in [3.05, 3.63) is 11.0 Å². The summed E-state index contributed by atoms with van der Waals surface area (Å²) in [5, 5.41) is 0. The van der Waals surface area contributed by atoms with Gasteiger partial charge in [0.15, 0.2) is 0 Å². The number of fused-ring (bicyclic) bond motifs is 1. The van der Waals surface area contributed by atoms with Crippen molar-refractivity contribution in [2.45, 2.75) is 19.3 Å². The highest BCUT2D eigenvalue weighted by Crippen LogP contribution is 2.40. The Kier molecular flexibility index (Phi) is 1.57. The second-order valence-electron chi connectivity index (χ2n) is 2.80. The number of thioether (sulfide) groups is 1. The SMILES string of the molecule is O=C1CCC=C2SCCC12. The average molecular weight is 154 g/mol. The predicted molar refractivity (Wildman–Crippen MR) is 42.9 cm³/mol. The second kappa shape index (κ2) is 2.42. The van der Waals surface area contributed by atoms with Gasteiger partial charge in [0.05, 0.1) is 0 Å². The minimum atomic E-state index is 0.318. The van der Waals surface area contributed by atoms with Crippen molar-refractivity contribution in [2.24, 2.45) is 5.92 Å². The van der Waals surface area contributed by atoms with Gasteiger partial charge in [-0.1, -0.05) is 6.08 Å². The first-order chi connectivity index (χ1) is 4.88. The Bertz CT molecular complexity index is 195. The maximum atomic E-state index is 11.2. The molecule has 2 heteroatoms. The third kappa shape index (κ3) is 0.908. The fraction of sp³-hybridized carbons (Fsp3) is 0.625. The Morgan fingerprint density at radius 3 is 3.30 bits per heavy atom. The van der Waals surface area contributed by atoms with Crippen LogP contribution in [0.5, 0.6) is 0 Å². The number of hydrogen-bond acceptors (Lipinski definition) is 2. The summed E-state index contributed by atoms with van der Waals surface area (Å²) >= 11 is 1.87. The number of rotatable bonds is 0. The maximum Gasteiger partial charge on any atom is 0.141 e. The highest BCUT2D eigenvalue weighted by molar-refractivity contribution is 8.03. The molecule has 54 valence electrons. The van der Waals surface area contributed by atoms with Crippen molar-refractivity contribution in [1.82, 2.24) is 0 Å². The van der Waals surface area contributed by atoms with Crippen molar-refractivity contribution in [3.8, 4) is 0 Å². The van der Waals surface area contributed by atoms with Crippen LogP contribution in [0.1, 0.15) is 19.3 Å². The van der Waals surface area contributed by atoms with Gasteiger partial charge in [-0.05, 0) is 23.5 Å². The Morgan fingerprint density at radius 2 is 2.50 bits per heavy atom. The third-order valence-electron chi connectivity index (χ3n) is 2.14. The fourth-order valence-electron chi connectivity index (χ4n) is 1.59. The summed E-state index contributed by atoms with van der Waals surface area (Å²) in [4.78, 5) is 12.6. The molecule has 1 aliphatic carbocycles. The van der Waals surface area contributed by atoms with Crippen LogP contribution in [0.25, 0.3) is 0 Å². The van der Waals surface area contributed by atoms with E-state index in [4.69, 9.17) is 0 Å². The van der Waals surface area contributed by atoms with Crippen LogP contribution in [0.2, 0.25) is 0 Å². The number of carbonyl (C=O) groups excluding carboxylic acids is 1. The van der Waals surface area contributed by atoms with E-state index in [0.29, 0.717) is 11.7 Å². The van der Waals surface area contributed by atoms with Gasteiger partial charge < -0.3 is 0 Å². The summed E-state index contributed by atoms with van der Waals surface area (Å²) in [7, 11) is 0. The molecule has 0 saturated carbocycles. The molecular formula is C8H10OS. The van der Waals surface area contributed by atoms with Gasteiger partial charge in [0, 0.05) is 12.3 Å². The second-order valence-corrected chi connectivity index (χ2v) is 3.97. The molecule has 1 saturated heterocycles. The molecule has 1 fully saturated rings. The van der Waals surface area contributed by atoms with Crippen LogP contribution in [0.15, 0.2) is 11.0 Å². The predicted octanol–water partition coefficient (Wildman–Crippen LogP) is 1.99. The molecule has 0 N–H and O–H groups in total. The zero-order valence-corrected chi connectivity index (χ0v) is 6.62. The molecule has 0 radical (unpaired) electrons. The Labute approximate surface area is 64.9 Å². The molecule has 1 nitrogen and oxygen atoms in total. The topological polar surface area (TPSA) is 17.1 Å². The molecule has 1 aliphatic heterocycles. The summed E-state index contributed by atoms with van der Waals surface area (Å²) in [6.45, 7) is 0. The highest BCUT2D eigenvalue weighted by Gasteiger charge is 2.29. The smallest absolute Gasteiger partial charge is 0.141 e. The molecule has 0 amide bonds. The summed E-state index contributed by atoms with van der Waals surface area (Å²) in [5.41, 5.74) is 0. The molecule has 10 heavy (non-hydrogen) atoms. The number of allylic oxidation sites excluding steroid dienone is 2. The molecule has 2 aliphatic rings. The van der Waals surface area contributed by atoms with E-state index in [1.807, 2.05) is 11.8 Å². The number of hydrogen-bond donors (Lipinski definition) is 0. The van der Waals surface area contributed by atoms with Crippen molar-refractivity contribution in [3.63, 3.8) is 0 Å². The molecule has 1 heterocycles. The Morgan fingerprint density at radius 1 is 1.60 bits per heavy atom. The quantitative estimate of drug-likeness (QED) is 0.530. The molecule has 1 atom stereocenters. The molecule has 0 aromatic rings. The number of Topliss-reactive ketones (excluding diaryl/α,β-unsaturated/α-hetero) is 1. The first-order valence-electron chi connectivity index (χ1n) is 3.73. The fourth-order valence-corrected chi connectivity index (χ4v) is 2.86. The first kappa shape index (κ1) is 6.47. The molecule has 0 spiro atoms.